The van der Waals surface area contributed by atoms with Crippen molar-refractivity contribution < 1.29 is 19.3 Å². The fraction of sp³-hybridized carbons (Fsp3) is 0.579. The van der Waals surface area contributed by atoms with Crippen molar-refractivity contribution in [2.24, 2.45) is 0 Å². The molecular formula is C19H26N4O4. The third-order valence-corrected chi connectivity index (χ3v) is 5.73. The molecule has 0 amide bonds. The van der Waals surface area contributed by atoms with Gasteiger partial charge in [-0.1, -0.05) is 0 Å². The van der Waals surface area contributed by atoms with Gasteiger partial charge >= 0.3 is 0 Å². The number of hydrogen-bond donors (Lipinski definition) is 2. The van der Waals surface area contributed by atoms with E-state index in [1.54, 1.807) is 20.3 Å². The van der Waals surface area contributed by atoms with Crippen LogP contribution in [0.4, 0.5) is 11.8 Å². The van der Waals surface area contributed by atoms with E-state index in [0.29, 0.717) is 28.8 Å². The van der Waals surface area contributed by atoms with E-state index in [2.05, 4.69) is 9.88 Å². The average molecular weight is 374 g/mol. The molecular weight excluding hydrogens is 348 g/mol. The number of piperidine rings is 1. The summed E-state index contributed by atoms with van der Waals surface area (Å²) >= 11 is 0. The molecule has 2 aliphatic rings. The Bertz CT molecular complexity index is 836. The second kappa shape index (κ2) is 7.01. The summed E-state index contributed by atoms with van der Waals surface area (Å²) < 4.78 is 16.7. The number of aliphatic hydroxyl groups excluding tert-OH is 1. The normalized spacial score (nSPS) is 22.2. The van der Waals surface area contributed by atoms with Crippen molar-refractivity contribution in [1.82, 2.24) is 9.97 Å². The summed E-state index contributed by atoms with van der Waals surface area (Å²) in [6.07, 6.45) is 2.83. The average Bonchev–Trinajstić information content (AvgIpc) is 2.70. The van der Waals surface area contributed by atoms with E-state index < -0.39 is 11.7 Å². The van der Waals surface area contributed by atoms with Gasteiger partial charge in [0.1, 0.15) is 5.82 Å². The number of aliphatic hydroxyl groups is 1. The largest absolute Gasteiger partial charge is 0.493 e. The summed E-state index contributed by atoms with van der Waals surface area (Å²) in [5.41, 5.74) is 6.49. The van der Waals surface area contributed by atoms with Crippen LogP contribution in [0.5, 0.6) is 11.5 Å². The smallest absolute Gasteiger partial charge is 0.227 e. The first-order chi connectivity index (χ1) is 13.1. The minimum atomic E-state index is -0.423. The SMILES string of the molecule is COc1cc2nc(N3CCC4(CC3)OCCCC4O)nc(N)c2cc1OC. The summed E-state index contributed by atoms with van der Waals surface area (Å²) in [6.45, 7) is 2.16. The number of methoxy groups -OCH3 is 2. The quantitative estimate of drug-likeness (QED) is 0.837. The highest BCUT2D eigenvalue weighted by molar-refractivity contribution is 5.91. The number of nitrogens with zero attached hydrogens (tertiary/aromatic N) is 3. The monoisotopic (exact) mass is 374 g/mol. The summed E-state index contributed by atoms with van der Waals surface area (Å²) in [5.74, 6) is 2.19. The number of fused-ring (bicyclic) bond motifs is 1. The molecule has 1 aromatic carbocycles. The predicted molar refractivity (Wildman–Crippen MR) is 102 cm³/mol. The maximum atomic E-state index is 10.4. The third-order valence-electron chi connectivity index (χ3n) is 5.73. The zero-order valence-corrected chi connectivity index (χ0v) is 15.8. The van der Waals surface area contributed by atoms with Gasteiger partial charge in [0.25, 0.3) is 0 Å². The predicted octanol–water partition coefficient (Wildman–Crippen LogP) is 1.74. The van der Waals surface area contributed by atoms with Crippen LogP contribution < -0.4 is 20.1 Å². The van der Waals surface area contributed by atoms with Crippen LogP contribution in [0.25, 0.3) is 10.9 Å². The van der Waals surface area contributed by atoms with Crippen molar-refractivity contribution in [3.05, 3.63) is 12.1 Å². The van der Waals surface area contributed by atoms with Crippen LogP contribution in [0.15, 0.2) is 12.1 Å². The van der Waals surface area contributed by atoms with E-state index in [1.165, 1.54) is 0 Å². The molecule has 2 fully saturated rings. The van der Waals surface area contributed by atoms with E-state index in [4.69, 9.17) is 24.9 Å². The van der Waals surface area contributed by atoms with Crippen LogP contribution >= 0.6 is 0 Å². The highest BCUT2D eigenvalue weighted by Crippen LogP contribution is 2.37. The van der Waals surface area contributed by atoms with Crippen molar-refractivity contribution in [1.29, 1.82) is 0 Å². The minimum absolute atomic E-state index is 0.396. The van der Waals surface area contributed by atoms with Crippen LogP contribution in [0, 0.1) is 0 Å². The number of ether oxygens (including phenoxy) is 3. The molecule has 146 valence electrons. The van der Waals surface area contributed by atoms with Gasteiger partial charge in [0.2, 0.25) is 5.95 Å². The molecule has 0 bridgehead atoms. The van der Waals surface area contributed by atoms with E-state index in [-0.39, 0.29) is 0 Å². The fourth-order valence-electron chi connectivity index (χ4n) is 4.08. The minimum Gasteiger partial charge on any atom is -0.493 e. The molecule has 0 aliphatic carbocycles. The Morgan fingerprint density at radius 3 is 2.56 bits per heavy atom. The van der Waals surface area contributed by atoms with Crippen molar-refractivity contribution in [2.75, 3.05) is 44.5 Å². The Balaban J connectivity index is 1.61. The molecule has 27 heavy (non-hydrogen) atoms. The van der Waals surface area contributed by atoms with Gasteiger partial charge in [0.15, 0.2) is 11.5 Å². The maximum absolute atomic E-state index is 10.4. The van der Waals surface area contributed by atoms with Gasteiger partial charge < -0.3 is 30.0 Å². The summed E-state index contributed by atoms with van der Waals surface area (Å²) in [7, 11) is 3.18. The number of benzene rings is 1. The van der Waals surface area contributed by atoms with Crippen molar-refractivity contribution >= 4 is 22.7 Å². The Labute approximate surface area is 158 Å². The molecule has 1 aromatic heterocycles. The molecule has 4 rings (SSSR count). The molecule has 2 aromatic rings. The van der Waals surface area contributed by atoms with Gasteiger partial charge in [-0.05, 0) is 31.7 Å². The summed E-state index contributed by atoms with van der Waals surface area (Å²) in [5, 5.41) is 11.1. The fourth-order valence-corrected chi connectivity index (χ4v) is 4.08. The Morgan fingerprint density at radius 1 is 1.19 bits per heavy atom. The first-order valence-corrected chi connectivity index (χ1v) is 9.32. The van der Waals surface area contributed by atoms with E-state index in [1.807, 2.05) is 6.07 Å². The second-order valence-electron chi connectivity index (χ2n) is 7.19. The Hall–Kier alpha value is -2.32. The molecule has 1 unspecified atom stereocenters. The standard InChI is InChI=1S/C19H26N4O4/c1-25-14-10-12-13(11-15(14)26-2)21-18(22-17(12)20)23-7-5-19(6-8-23)16(24)4-3-9-27-19/h10-11,16,24H,3-9H2,1-2H3,(H2,20,21,22). The molecule has 0 saturated carbocycles. The Kier molecular flexibility index (Phi) is 4.69. The molecule has 1 spiro atoms. The number of nitrogen functional groups attached to an aromatic ring is 1. The number of rotatable bonds is 3. The molecule has 2 saturated heterocycles. The van der Waals surface area contributed by atoms with Crippen LogP contribution in [-0.2, 0) is 4.74 Å². The van der Waals surface area contributed by atoms with E-state index >= 15 is 0 Å². The van der Waals surface area contributed by atoms with E-state index in [9.17, 15) is 5.11 Å². The highest BCUT2D eigenvalue weighted by atomic mass is 16.5. The van der Waals surface area contributed by atoms with Gasteiger partial charge in [-0.2, -0.15) is 4.98 Å². The lowest BCUT2D eigenvalue weighted by molar-refractivity contribution is -0.164. The van der Waals surface area contributed by atoms with Gasteiger partial charge in [0.05, 0.1) is 31.4 Å². The molecule has 3 heterocycles. The van der Waals surface area contributed by atoms with Crippen molar-refractivity contribution in [3.63, 3.8) is 0 Å². The van der Waals surface area contributed by atoms with Gasteiger partial charge in [-0.15, -0.1) is 0 Å². The second-order valence-corrected chi connectivity index (χ2v) is 7.19. The maximum Gasteiger partial charge on any atom is 0.227 e. The first kappa shape index (κ1) is 18.1. The van der Waals surface area contributed by atoms with Crippen molar-refractivity contribution in [2.45, 2.75) is 37.4 Å². The summed E-state index contributed by atoms with van der Waals surface area (Å²) in [6, 6.07) is 3.61. The molecule has 2 aliphatic heterocycles. The van der Waals surface area contributed by atoms with Crippen LogP contribution in [0.3, 0.4) is 0 Å². The Morgan fingerprint density at radius 2 is 1.89 bits per heavy atom. The zero-order valence-electron chi connectivity index (χ0n) is 15.8. The van der Waals surface area contributed by atoms with Gasteiger partial charge in [-0.25, -0.2) is 4.98 Å². The topological polar surface area (TPSA) is 103 Å². The highest BCUT2D eigenvalue weighted by Gasteiger charge is 2.44. The lowest BCUT2D eigenvalue weighted by atomic mass is 9.82. The van der Waals surface area contributed by atoms with E-state index in [0.717, 1.165) is 50.8 Å². The lowest BCUT2D eigenvalue weighted by Crippen LogP contribution is -2.55. The number of hydrogen-bond acceptors (Lipinski definition) is 8. The summed E-state index contributed by atoms with van der Waals surface area (Å²) in [4.78, 5) is 11.3. The number of aromatic nitrogens is 2. The van der Waals surface area contributed by atoms with Crippen molar-refractivity contribution in [3.8, 4) is 11.5 Å². The molecule has 3 N–H and O–H groups in total. The molecule has 1 atom stereocenters. The zero-order chi connectivity index (χ0) is 19.0. The third kappa shape index (κ3) is 3.12. The molecule has 8 nitrogen and oxygen atoms in total. The number of anilines is 2. The molecule has 0 radical (unpaired) electrons. The number of nitrogens with two attached hydrogens (primary N) is 1. The van der Waals surface area contributed by atoms with Crippen LogP contribution in [0.1, 0.15) is 25.7 Å². The van der Waals surface area contributed by atoms with Crippen LogP contribution in [-0.4, -0.2) is 60.7 Å². The lowest BCUT2D eigenvalue weighted by Gasteiger charge is -2.46. The van der Waals surface area contributed by atoms with Crippen LogP contribution in [0.2, 0.25) is 0 Å². The molecule has 8 heteroatoms. The van der Waals surface area contributed by atoms with Gasteiger partial charge in [-0.3, -0.25) is 0 Å². The van der Waals surface area contributed by atoms with Gasteiger partial charge in [0, 0.05) is 31.1 Å². The first-order valence-electron chi connectivity index (χ1n) is 9.32.